The zero-order chi connectivity index (χ0) is 20.9. The van der Waals surface area contributed by atoms with Crippen molar-refractivity contribution < 1.29 is 14.5 Å². The number of carbonyl (C=O) groups excluding carboxylic acids is 2. The second-order valence-electron chi connectivity index (χ2n) is 7.00. The number of rotatable bonds is 3. The van der Waals surface area contributed by atoms with Gasteiger partial charge in [0.15, 0.2) is 0 Å². The van der Waals surface area contributed by atoms with Gasteiger partial charge in [0.1, 0.15) is 11.5 Å². The van der Waals surface area contributed by atoms with Gasteiger partial charge in [-0.3, -0.25) is 34.4 Å². The van der Waals surface area contributed by atoms with Gasteiger partial charge in [0.25, 0.3) is 23.1 Å². The average molecular weight is 398 g/mol. The molecule has 4 rings (SSSR count). The zero-order valence-electron chi connectivity index (χ0n) is 15.5. The van der Waals surface area contributed by atoms with Gasteiger partial charge in [-0.05, 0) is 19.2 Å². The molecule has 3 N–H and O–H groups in total. The van der Waals surface area contributed by atoms with E-state index in [1.165, 1.54) is 6.07 Å². The minimum absolute atomic E-state index is 0.0997. The fourth-order valence-corrected chi connectivity index (χ4v) is 3.66. The Kier molecular flexibility index (Phi) is 4.31. The number of likely N-dealkylation sites (N-methyl/N-ethyl adjacent to an activating group) is 1. The lowest BCUT2D eigenvalue weighted by Crippen LogP contribution is -2.44. The summed E-state index contributed by atoms with van der Waals surface area (Å²) in [5.41, 5.74) is 5.57. The monoisotopic (exact) mass is 398 g/mol. The summed E-state index contributed by atoms with van der Waals surface area (Å²) < 4.78 is 0.998. The molecule has 0 radical (unpaired) electrons. The first kappa shape index (κ1) is 18.6. The van der Waals surface area contributed by atoms with E-state index in [-0.39, 0.29) is 28.3 Å². The number of nitrogens with one attached hydrogen (secondary N) is 1. The van der Waals surface area contributed by atoms with Crippen molar-refractivity contribution >= 4 is 29.0 Å². The maximum Gasteiger partial charge on any atom is 0.294 e. The van der Waals surface area contributed by atoms with Crippen molar-refractivity contribution in [2.45, 2.75) is 0 Å². The lowest BCUT2D eigenvalue weighted by atomic mass is 10.1. The normalized spacial score (nSPS) is 16.7. The molecule has 1 fully saturated rings. The minimum atomic E-state index is -0.709. The van der Waals surface area contributed by atoms with E-state index in [1.54, 1.807) is 12.1 Å². The molecule has 0 unspecified atom stereocenters. The van der Waals surface area contributed by atoms with Gasteiger partial charge in [-0.1, -0.05) is 0 Å². The maximum atomic E-state index is 12.6. The van der Waals surface area contributed by atoms with E-state index >= 15 is 0 Å². The van der Waals surface area contributed by atoms with Crippen molar-refractivity contribution in [3.05, 3.63) is 55.9 Å². The number of amides is 2. The van der Waals surface area contributed by atoms with E-state index in [0.29, 0.717) is 18.8 Å². The van der Waals surface area contributed by atoms with E-state index in [2.05, 4.69) is 10.2 Å². The van der Waals surface area contributed by atoms with Crippen LogP contribution >= 0.6 is 0 Å². The minimum Gasteiger partial charge on any atom is -0.384 e. The summed E-state index contributed by atoms with van der Waals surface area (Å²) in [5.74, 6) is -1.64. The van der Waals surface area contributed by atoms with Crippen molar-refractivity contribution in [1.82, 2.24) is 14.8 Å². The molecule has 1 aromatic heterocycles. The first-order valence-electron chi connectivity index (χ1n) is 8.91. The molecular weight excluding hydrogens is 380 g/mol. The number of aromatic nitrogens is 1. The molecule has 0 spiro atoms. The van der Waals surface area contributed by atoms with Gasteiger partial charge in [0, 0.05) is 38.3 Å². The van der Waals surface area contributed by atoms with E-state index < -0.39 is 22.3 Å². The fraction of sp³-hybridized carbons (Fsp3) is 0.278. The number of nitro groups is 1. The van der Waals surface area contributed by atoms with Crippen LogP contribution in [0.15, 0.2) is 29.1 Å². The Balaban J connectivity index is 1.83. The van der Waals surface area contributed by atoms with Gasteiger partial charge in [-0.15, -0.1) is 0 Å². The molecule has 0 saturated carbocycles. The summed E-state index contributed by atoms with van der Waals surface area (Å²) in [7, 11) is 1.98. The SMILES string of the molecule is CN1CCN(c2ccc(-n3c(N)c4c(cc3=O)C(=O)NC4=O)cc2[N+](=O)[O-])CC1. The van der Waals surface area contributed by atoms with Crippen molar-refractivity contribution in [3.8, 4) is 5.69 Å². The van der Waals surface area contributed by atoms with Gasteiger partial charge in [0.05, 0.1) is 21.7 Å². The van der Waals surface area contributed by atoms with Gasteiger partial charge in [-0.2, -0.15) is 0 Å². The molecule has 11 nitrogen and oxygen atoms in total. The lowest BCUT2D eigenvalue weighted by molar-refractivity contribution is -0.384. The second-order valence-corrected chi connectivity index (χ2v) is 7.00. The van der Waals surface area contributed by atoms with Gasteiger partial charge in [-0.25, -0.2) is 0 Å². The first-order valence-corrected chi connectivity index (χ1v) is 8.91. The van der Waals surface area contributed by atoms with Crippen LogP contribution in [0.2, 0.25) is 0 Å². The maximum absolute atomic E-state index is 12.6. The standard InChI is InChI=1S/C18H18N6O5/c1-21-4-6-22(7-5-21)12-3-2-10(8-13(12)24(28)29)23-14(25)9-11-15(16(23)19)18(27)20-17(11)26/h2-3,8-9H,4-7,19H2,1H3,(H,20,26,27). The van der Waals surface area contributed by atoms with Crippen LogP contribution in [0, 0.1) is 10.1 Å². The average Bonchev–Trinajstić information content (AvgIpc) is 2.96. The number of nitro benzene ring substituents is 1. The van der Waals surface area contributed by atoms with Crippen LogP contribution in [-0.2, 0) is 0 Å². The summed E-state index contributed by atoms with van der Waals surface area (Å²) in [6.45, 7) is 2.83. The third kappa shape index (κ3) is 3.01. The second kappa shape index (κ2) is 6.71. The molecular formula is C18H18N6O5. The first-order chi connectivity index (χ1) is 13.8. The highest BCUT2D eigenvalue weighted by atomic mass is 16.6. The molecule has 0 bridgehead atoms. The molecule has 1 saturated heterocycles. The molecule has 0 atom stereocenters. The molecule has 0 aliphatic carbocycles. The molecule has 3 heterocycles. The summed E-state index contributed by atoms with van der Waals surface area (Å²) in [6, 6.07) is 5.38. The van der Waals surface area contributed by atoms with Crippen LogP contribution in [0.4, 0.5) is 17.2 Å². The quantitative estimate of drug-likeness (QED) is 0.416. The summed E-state index contributed by atoms with van der Waals surface area (Å²) in [5, 5.41) is 13.8. The van der Waals surface area contributed by atoms with Gasteiger partial charge in [0.2, 0.25) is 0 Å². The molecule has 2 aliphatic rings. The number of carbonyl (C=O) groups is 2. The number of nitrogens with zero attached hydrogens (tertiary/aromatic N) is 4. The molecule has 2 aliphatic heterocycles. The predicted octanol–water partition coefficient (Wildman–Crippen LogP) is -0.0367. The number of hydrogen-bond acceptors (Lipinski definition) is 8. The largest absolute Gasteiger partial charge is 0.384 e. The van der Waals surface area contributed by atoms with E-state index in [4.69, 9.17) is 5.73 Å². The Labute approximate surface area is 164 Å². The third-order valence-corrected chi connectivity index (χ3v) is 5.21. The van der Waals surface area contributed by atoms with Gasteiger partial charge >= 0.3 is 0 Å². The Hall–Kier alpha value is -3.73. The topological polar surface area (TPSA) is 144 Å². The molecule has 2 amide bonds. The molecule has 150 valence electrons. The lowest BCUT2D eigenvalue weighted by Gasteiger charge is -2.33. The van der Waals surface area contributed by atoms with Crippen LogP contribution in [0.1, 0.15) is 20.7 Å². The van der Waals surface area contributed by atoms with E-state index in [1.807, 2.05) is 11.9 Å². The summed E-state index contributed by atoms with van der Waals surface area (Å²) in [4.78, 5) is 51.6. The third-order valence-electron chi connectivity index (χ3n) is 5.21. The Morgan fingerprint density at radius 2 is 1.76 bits per heavy atom. The highest BCUT2D eigenvalue weighted by molar-refractivity contribution is 6.23. The number of nitrogens with two attached hydrogens (primary N) is 1. The smallest absolute Gasteiger partial charge is 0.294 e. The van der Waals surface area contributed by atoms with E-state index in [0.717, 1.165) is 23.7 Å². The van der Waals surface area contributed by atoms with Crippen LogP contribution in [-0.4, -0.2) is 59.4 Å². The van der Waals surface area contributed by atoms with Crippen molar-refractivity contribution in [1.29, 1.82) is 0 Å². The number of fused-ring (bicyclic) bond motifs is 1. The Morgan fingerprint density at radius 1 is 1.07 bits per heavy atom. The Bertz CT molecular complexity index is 1120. The molecule has 2 aromatic rings. The predicted molar refractivity (Wildman–Crippen MR) is 105 cm³/mol. The van der Waals surface area contributed by atoms with Crippen molar-refractivity contribution in [3.63, 3.8) is 0 Å². The van der Waals surface area contributed by atoms with Crippen molar-refractivity contribution in [2.24, 2.45) is 0 Å². The fourth-order valence-electron chi connectivity index (χ4n) is 3.66. The van der Waals surface area contributed by atoms with E-state index in [9.17, 15) is 24.5 Å². The summed E-state index contributed by atoms with van der Waals surface area (Å²) >= 11 is 0. The van der Waals surface area contributed by atoms with Crippen LogP contribution < -0.4 is 21.5 Å². The zero-order valence-corrected chi connectivity index (χ0v) is 15.5. The summed E-state index contributed by atoms with van der Waals surface area (Å²) in [6.07, 6.45) is 0. The van der Waals surface area contributed by atoms with Crippen LogP contribution in [0.5, 0.6) is 0 Å². The number of pyridine rings is 1. The number of hydrogen-bond donors (Lipinski definition) is 2. The highest BCUT2D eigenvalue weighted by Crippen LogP contribution is 2.32. The number of benzene rings is 1. The molecule has 1 aromatic carbocycles. The molecule has 29 heavy (non-hydrogen) atoms. The highest BCUT2D eigenvalue weighted by Gasteiger charge is 2.32. The van der Waals surface area contributed by atoms with Crippen LogP contribution in [0.25, 0.3) is 5.69 Å². The van der Waals surface area contributed by atoms with Crippen molar-refractivity contribution in [2.75, 3.05) is 43.9 Å². The number of imide groups is 1. The van der Waals surface area contributed by atoms with Crippen LogP contribution in [0.3, 0.4) is 0 Å². The number of piperazine rings is 1. The van der Waals surface area contributed by atoms with Gasteiger partial charge < -0.3 is 15.5 Å². The number of anilines is 2. The number of nitrogen functional groups attached to an aromatic ring is 1. The molecule has 11 heteroatoms. The Morgan fingerprint density at radius 3 is 2.41 bits per heavy atom.